The van der Waals surface area contributed by atoms with Crippen LogP contribution in [0.4, 0.5) is 13.2 Å². The lowest BCUT2D eigenvalue weighted by atomic mass is 10.0. The average Bonchev–Trinajstić information content (AvgIpc) is 2.68. The number of fused-ring (bicyclic) bond motifs is 1. The van der Waals surface area contributed by atoms with Gasteiger partial charge < -0.3 is 10.2 Å². The van der Waals surface area contributed by atoms with Gasteiger partial charge >= 0.3 is 0 Å². The largest absolute Gasteiger partial charge is 0.355 e. The molecular weight excluding hydrogens is 287 g/mol. The molecule has 0 bridgehead atoms. The van der Waals surface area contributed by atoms with Gasteiger partial charge in [0.2, 0.25) is 5.91 Å². The van der Waals surface area contributed by atoms with Crippen molar-refractivity contribution < 1.29 is 22.8 Å². The Hall–Kier alpha value is -2.56. The van der Waals surface area contributed by atoms with Crippen LogP contribution in [0.3, 0.4) is 0 Å². The summed E-state index contributed by atoms with van der Waals surface area (Å²) in [6, 6.07) is 1.18. The summed E-state index contributed by atoms with van der Waals surface area (Å²) in [5.74, 6) is -6.04. The minimum atomic E-state index is -1.75. The van der Waals surface area contributed by atoms with Gasteiger partial charge in [0.25, 0.3) is 5.91 Å². The van der Waals surface area contributed by atoms with Crippen LogP contribution in [0.25, 0.3) is 0 Å². The van der Waals surface area contributed by atoms with E-state index in [-0.39, 0.29) is 24.6 Å². The Morgan fingerprint density at radius 3 is 2.67 bits per heavy atom. The topological polar surface area (TPSA) is 73.2 Å². The maximum absolute atomic E-state index is 13.7. The highest BCUT2D eigenvalue weighted by molar-refractivity contribution is 6.00. The summed E-state index contributed by atoms with van der Waals surface area (Å²) in [6.45, 7) is 1.24. The summed E-state index contributed by atoms with van der Waals surface area (Å²) in [6.07, 6.45) is 0. The van der Waals surface area contributed by atoms with Crippen molar-refractivity contribution in [3.05, 3.63) is 34.6 Å². The lowest BCUT2D eigenvalue weighted by Gasteiger charge is -2.19. The number of nitriles is 1. The third-order valence-electron chi connectivity index (χ3n) is 3.12. The Bertz CT molecular complexity index is 670. The van der Waals surface area contributed by atoms with Gasteiger partial charge in [0, 0.05) is 25.6 Å². The van der Waals surface area contributed by atoms with E-state index in [1.54, 1.807) is 6.07 Å². The van der Waals surface area contributed by atoms with Gasteiger partial charge in [0.05, 0.1) is 11.6 Å². The summed E-state index contributed by atoms with van der Waals surface area (Å²) in [5.41, 5.74) is -0.843. The van der Waals surface area contributed by atoms with Crippen molar-refractivity contribution in [1.29, 1.82) is 5.26 Å². The van der Waals surface area contributed by atoms with Gasteiger partial charge in [-0.25, -0.2) is 13.2 Å². The van der Waals surface area contributed by atoms with Gasteiger partial charge in [-0.2, -0.15) is 5.26 Å². The van der Waals surface area contributed by atoms with Crippen molar-refractivity contribution >= 4 is 11.8 Å². The van der Waals surface area contributed by atoms with E-state index in [4.69, 9.17) is 5.26 Å². The first-order valence-electron chi connectivity index (χ1n) is 6.01. The Morgan fingerprint density at radius 2 is 2.10 bits per heavy atom. The summed E-state index contributed by atoms with van der Waals surface area (Å²) in [4.78, 5) is 23.8. The lowest BCUT2D eigenvalue weighted by Crippen LogP contribution is -2.36. The van der Waals surface area contributed by atoms with E-state index in [2.05, 4.69) is 5.32 Å². The third kappa shape index (κ3) is 2.42. The molecule has 8 heteroatoms. The maximum atomic E-state index is 13.7. The average molecular weight is 297 g/mol. The fraction of sp³-hybridized carbons (Fsp3) is 0.308. The minimum Gasteiger partial charge on any atom is -0.355 e. The van der Waals surface area contributed by atoms with Gasteiger partial charge in [0.1, 0.15) is 6.04 Å². The van der Waals surface area contributed by atoms with Crippen LogP contribution in [0.5, 0.6) is 0 Å². The molecule has 1 aliphatic heterocycles. The van der Waals surface area contributed by atoms with E-state index in [1.165, 1.54) is 6.92 Å². The predicted molar refractivity (Wildman–Crippen MR) is 64.4 cm³/mol. The fourth-order valence-electron chi connectivity index (χ4n) is 2.20. The molecule has 0 spiro atoms. The second kappa shape index (κ2) is 5.44. The number of hydrogen-bond donors (Lipinski definition) is 1. The summed E-state index contributed by atoms with van der Waals surface area (Å²) >= 11 is 0. The molecule has 0 aromatic heterocycles. The number of nitrogens with one attached hydrogen (secondary N) is 1. The van der Waals surface area contributed by atoms with Crippen LogP contribution in [0.2, 0.25) is 0 Å². The van der Waals surface area contributed by atoms with E-state index >= 15 is 0 Å². The summed E-state index contributed by atoms with van der Waals surface area (Å²) in [5, 5.41) is 11.5. The van der Waals surface area contributed by atoms with Crippen LogP contribution in [-0.4, -0.2) is 29.8 Å². The van der Waals surface area contributed by atoms with Crippen molar-refractivity contribution in [2.24, 2.45) is 0 Å². The fourth-order valence-corrected chi connectivity index (χ4v) is 2.20. The molecule has 1 aliphatic rings. The zero-order valence-corrected chi connectivity index (χ0v) is 10.9. The molecule has 0 saturated carbocycles. The summed E-state index contributed by atoms with van der Waals surface area (Å²) < 4.78 is 40.2. The molecule has 21 heavy (non-hydrogen) atoms. The van der Waals surface area contributed by atoms with Crippen molar-refractivity contribution in [3.8, 4) is 6.07 Å². The number of carbonyl (C=O) groups excluding carboxylic acids is 2. The number of hydrogen-bond acceptors (Lipinski definition) is 3. The predicted octanol–water partition coefficient (Wildman–Crippen LogP) is 1.26. The van der Waals surface area contributed by atoms with Crippen molar-refractivity contribution in [1.82, 2.24) is 10.2 Å². The van der Waals surface area contributed by atoms with E-state index < -0.39 is 35.0 Å². The molecule has 2 rings (SSSR count). The van der Waals surface area contributed by atoms with Gasteiger partial charge in [0.15, 0.2) is 17.5 Å². The Labute approximate surface area is 118 Å². The highest BCUT2D eigenvalue weighted by Gasteiger charge is 2.41. The van der Waals surface area contributed by atoms with Crippen LogP contribution in [0.1, 0.15) is 28.9 Å². The van der Waals surface area contributed by atoms with Crippen molar-refractivity contribution in [2.75, 3.05) is 13.1 Å². The molecule has 0 aliphatic carbocycles. The Balaban J connectivity index is 2.37. The zero-order valence-electron chi connectivity index (χ0n) is 10.9. The number of amides is 2. The maximum Gasteiger partial charge on any atom is 0.258 e. The lowest BCUT2D eigenvalue weighted by molar-refractivity contribution is -0.119. The zero-order chi connectivity index (χ0) is 15.7. The Kier molecular flexibility index (Phi) is 3.84. The molecule has 1 unspecified atom stereocenters. The minimum absolute atomic E-state index is 0.0415. The Morgan fingerprint density at radius 1 is 1.43 bits per heavy atom. The van der Waals surface area contributed by atoms with Crippen LogP contribution < -0.4 is 5.32 Å². The standard InChI is InChI=1S/C13H10F3N3O2/c1-6(20)18-2-3-19-9(5-17)7-4-8(14)11(15)12(16)10(7)13(19)21/h4,9H,2-3H2,1H3,(H,18,20). The highest BCUT2D eigenvalue weighted by atomic mass is 19.2. The molecule has 0 saturated heterocycles. The first-order chi connectivity index (χ1) is 9.88. The number of halogens is 3. The second-order valence-corrected chi connectivity index (χ2v) is 4.46. The SMILES string of the molecule is CC(=O)NCCN1C(=O)c2c(cc(F)c(F)c2F)C1C#N. The monoisotopic (exact) mass is 297 g/mol. The van der Waals surface area contributed by atoms with E-state index in [0.29, 0.717) is 6.07 Å². The molecule has 110 valence electrons. The normalized spacial score (nSPS) is 16.6. The first kappa shape index (κ1) is 14.8. The summed E-state index contributed by atoms with van der Waals surface area (Å²) in [7, 11) is 0. The molecule has 1 aromatic carbocycles. The molecule has 1 aromatic rings. The van der Waals surface area contributed by atoms with Crippen LogP contribution >= 0.6 is 0 Å². The quantitative estimate of drug-likeness (QED) is 0.854. The van der Waals surface area contributed by atoms with Crippen LogP contribution in [0, 0.1) is 28.8 Å². The molecule has 0 radical (unpaired) electrons. The van der Waals surface area contributed by atoms with Crippen molar-refractivity contribution in [3.63, 3.8) is 0 Å². The smallest absolute Gasteiger partial charge is 0.258 e. The first-order valence-corrected chi connectivity index (χ1v) is 6.01. The van der Waals surface area contributed by atoms with Crippen LogP contribution in [0.15, 0.2) is 6.07 Å². The van der Waals surface area contributed by atoms with E-state index in [0.717, 1.165) is 4.90 Å². The molecule has 0 fully saturated rings. The molecule has 2 amide bonds. The number of rotatable bonds is 3. The molecule has 1 atom stereocenters. The van der Waals surface area contributed by atoms with Gasteiger partial charge in [-0.15, -0.1) is 0 Å². The number of benzene rings is 1. The van der Waals surface area contributed by atoms with E-state index in [9.17, 15) is 22.8 Å². The molecule has 5 nitrogen and oxygen atoms in total. The number of nitrogens with zero attached hydrogens (tertiary/aromatic N) is 2. The highest BCUT2D eigenvalue weighted by Crippen LogP contribution is 2.36. The van der Waals surface area contributed by atoms with Gasteiger partial charge in [-0.05, 0) is 6.07 Å². The van der Waals surface area contributed by atoms with Crippen LogP contribution in [-0.2, 0) is 4.79 Å². The van der Waals surface area contributed by atoms with E-state index in [1.807, 2.05) is 0 Å². The van der Waals surface area contributed by atoms with Gasteiger partial charge in [-0.3, -0.25) is 9.59 Å². The van der Waals surface area contributed by atoms with Crippen molar-refractivity contribution in [2.45, 2.75) is 13.0 Å². The second-order valence-electron chi connectivity index (χ2n) is 4.46. The molecule has 1 heterocycles. The van der Waals surface area contributed by atoms with Gasteiger partial charge in [-0.1, -0.05) is 0 Å². The number of carbonyl (C=O) groups is 2. The third-order valence-corrected chi connectivity index (χ3v) is 3.12. The molecular formula is C13H10F3N3O2. The molecule has 1 N–H and O–H groups in total.